The van der Waals surface area contributed by atoms with Crippen molar-refractivity contribution >= 4 is 17.4 Å². The van der Waals surface area contributed by atoms with Crippen LogP contribution in [0.2, 0.25) is 0 Å². The topological polar surface area (TPSA) is 83.0 Å². The molecule has 2 aliphatic heterocycles. The second-order valence-corrected chi connectivity index (χ2v) is 7.59. The van der Waals surface area contributed by atoms with Crippen LogP contribution >= 0.6 is 0 Å². The van der Waals surface area contributed by atoms with Gasteiger partial charge in [0, 0.05) is 44.1 Å². The summed E-state index contributed by atoms with van der Waals surface area (Å²) in [7, 11) is 0. The lowest BCUT2D eigenvalue weighted by Gasteiger charge is -2.29. The molecule has 2 aromatic rings. The Labute approximate surface area is 179 Å². The van der Waals surface area contributed by atoms with Gasteiger partial charge in [-0.05, 0) is 36.2 Å². The van der Waals surface area contributed by atoms with E-state index in [0.717, 1.165) is 19.6 Å². The number of aromatic nitrogens is 1. The highest BCUT2D eigenvalue weighted by Crippen LogP contribution is 2.39. The van der Waals surface area contributed by atoms with Gasteiger partial charge < -0.3 is 14.7 Å². The molecule has 0 spiro atoms. The summed E-state index contributed by atoms with van der Waals surface area (Å²) >= 11 is 0. The number of hydrogen-bond donors (Lipinski definition) is 1. The van der Waals surface area contributed by atoms with Crippen molar-refractivity contribution in [3.05, 3.63) is 71.3 Å². The number of rotatable bonds is 6. The smallest absolute Gasteiger partial charge is 0.295 e. The molecule has 4 rings (SSSR count). The summed E-state index contributed by atoms with van der Waals surface area (Å²) in [6.07, 6.45) is 3.67. The summed E-state index contributed by atoms with van der Waals surface area (Å²) in [6.45, 7) is 4.16. The van der Waals surface area contributed by atoms with E-state index in [1.165, 1.54) is 29.4 Å². The van der Waals surface area contributed by atoms with Gasteiger partial charge in [-0.2, -0.15) is 0 Å². The molecule has 2 aliphatic rings. The lowest BCUT2D eigenvalue weighted by Crippen LogP contribution is -2.38. The predicted molar refractivity (Wildman–Crippen MR) is 112 cm³/mol. The molecule has 2 saturated heterocycles. The van der Waals surface area contributed by atoms with E-state index in [-0.39, 0.29) is 11.3 Å². The van der Waals surface area contributed by atoms with Gasteiger partial charge in [-0.1, -0.05) is 12.1 Å². The number of Topliss-reactive ketones (excluding diaryl/α,β-unsaturated/α-hetero) is 1. The number of benzene rings is 1. The predicted octanol–water partition coefficient (Wildman–Crippen LogP) is 2.36. The fourth-order valence-electron chi connectivity index (χ4n) is 4.06. The quantitative estimate of drug-likeness (QED) is 0.435. The Morgan fingerprint density at radius 2 is 1.74 bits per heavy atom. The molecular formula is C23H24FN3O4. The zero-order valence-corrected chi connectivity index (χ0v) is 17.0. The molecule has 7 nitrogen and oxygen atoms in total. The molecule has 162 valence electrons. The van der Waals surface area contributed by atoms with Crippen LogP contribution < -0.4 is 0 Å². The van der Waals surface area contributed by atoms with Gasteiger partial charge in [-0.25, -0.2) is 4.39 Å². The summed E-state index contributed by atoms with van der Waals surface area (Å²) in [5, 5.41) is 10.9. The van der Waals surface area contributed by atoms with E-state index in [2.05, 4.69) is 9.88 Å². The summed E-state index contributed by atoms with van der Waals surface area (Å²) < 4.78 is 18.9. The fraction of sp³-hybridized carbons (Fsp3) is 0.348. The highest BCUT2D eigenvalue weighted by Gasteiger charge is 2.45. The number of morpholine rings is 1. The lowest BCUT2D eigenvalue weighted by molar-refractivity contribution is -0.140. The van der Waals surface area contributed by atoms with Gasteiger partial charge in [0.1, 0.15) is 11.6 Å². The average Bonchev–Trinajstić information content (AvgIpc) is 3.05. The number of amides is 1. The molecule has 1 aromatic carbocycles. The van der Waals surface area contributed by atoms with Gasteiger partial charge in [-0.3, -0.25) is 19.5 Å². The van der Waals surface area contributed by atoms with Crippen molar-refractivity contribution in [2.75, 3.05) is 39.4 Å². The fourth-order valence-corrected chi connectivity index (χ4v) is 4.06. The summed E-state index contributed by atoms with van der Waals surface area (Å²) in [5.41, 5.74) is 0.977. The molecule has 31 heavy (non-hydrogen) atoms. The van der Waals surface area contributed by atoms with Gasteiger partial charge in [0.2, 0.25) is 0 Å². The van der Waals surface area contributed by atoms with Crippen LogP contribution in [0.3, 0.4) is 0 Å². The first kappa shape index (κ1) is 21.1. The van der Waals surface area contributed by atoms with E-state index in [1.54, 1.807) is 24.3 Å². The third-order valence-electron chi connectivity index (χ3n) is 5.66. The molecule has 0 saturated carbocycles. The van der Waals surface area contributed by atoms with Crippen molar-refractivity contribution in [3.8, 4) is 0 Å². The number of pyridine rings is 1. The molecular weight excluding hydrogens is 401 g/mol. The number of halogens is 1. The average molecular weight is 425 g/mol. The summed E-state index contributed by atoms with van der Waals surface area (Å²) in [6, 6.07) is 8.02. The summed E-state index contributed by atoms with van der Waals surface area (Å²) in [4.78, 5) is 33.5. The Balaban J connectivity index is 1.65. The van der Waals surface area contributed by atoms with Crippen LogP contribution in [0.4, 0.5) is 4.39 Å². The largest absolute Gasteiger partial charge is 0.507 e. The maximum Gasteiger partial charge on any atom is 0.295 e. The molecule has 1 atom stereocenters. The standard InChI is InChI=1S/C23H24FN3O4/c24-18-4-2-16(3-5-18)20-19(21(28)17-6-8-25-9-7-17)22(29)23(30)27(20)11-1-10-26-12-14-31-15-13-26/h2-9,20,28H,1,10-15H2/b21-19+. The van der Waals surface area contributed by atoms with Crippen molar-refractivity contribution in [2.45, 2.75) is 12.5 Å². The molecule has 1 unspecified atom stereocenters. The first-order valence-corrected chi connectivity index (χ1v) is 10.3. The van der Waals surface area contributed by atoms with Crippen LogP contribution in [0.1, 0.15) is 23.6 Å². The molecule has 1 aromatic heterocycles. The van der Waals surface area contributed by atoms with E-state index in [9.17, 15) is 19.1 Å². The van der Waals surface area contributed by atoms with Crippen LogP contribution in [0.15, 0.2) is 54.4 Å². The van der Waals surface area contributed by atoms with Crippen LogP contribution in [0.5, 0.6) is 0 Å². The van der Waals surface area contributed by atoms with Crippen molar-refractivity contribution in [3.63, 3.8) is 0 Å². The number of likely N-dealkylation sites (tertiary alicyclic amines) is 1. The van der Waals surface area contributed by atoms with Gasteiger partial charge in [0.15, 0.2) is 0 Å². The van der Waals surface area contributed by atoms with E-state index in [4.69, 9.17) is 4.74 Å². The number of aliphatic hydroxyl groups is 1. The van der Waals surface area contributed by atoms with E-state index >= 15 is 0 Å². The van der Waals surface area contributed by atoms with Crippen LogP contribution in [-0.4, -0.2) is 71.0 Å². The lowest BCUT2D eigenvalue weighted by atomic mass is 9.95. The highest BCUT2D eigenvalue weighted by atomic mass is 19.1. The Hall–Kier alpha value is -3.10. The normalized spacial score (nSPS) is 21.6. The molecule has 0 bridgehead atoms. The summed E-state index contributed by atoms with van der Waals surface area (Å²) in [5.74, 6) is -2.07. The second-order valence-electron chi connectivity index (χ2n) is 7.59. The van der Waals surface area contributed by atoms with Gasteiger partial charge >= 0.3 is 0 Å². The minimum absolute atomic E-state index is 0.00850. The Bertz CT molecular complexity index is 972. The van der Waals surface area contributed by atoms with Gasteiger partial charge in [0.05, 0.1) is 24.8 Å². The Morgan fingerprint density at radius 3 is 2.42 bits per heavy atom. The third kappa shape index (κ3) is 4.50. The van der Waals surface area contributed by atoms with Crippen LogP contribution in [0, 0.1) is 5.82 Å². The second kappa shape index (κ2) is 9.36. The van der Waals surface area contributed by atoms with E-state index in [0.29, 0.717) is 37.3 Å². The molecule has 3 heterocycles. The first-order chi connectivity index (χ1) is 15.1. The third-order valence-corrected chi connectivity index (χ3v) is 5.66. The van der Waals surface area contributed by atoms with Crippen LogP contribution in [0.25, 0.3) is 5.76 Å². The zero-order valence-electron chi connectivity index (χ0n) is 17.0. The number of ether oxygens (including phenoxy) is 1. The maximum absolute atomic E-state index is 13.5. The molecule has 1 amide bonds. The van der Waals surface area contributed by atoms with E-state index < -0.39 is 23.5 Å². The molecule has 1 N–H and O–H groups in total. The van der Waals surface area contributed by atoms with Crippen molar-refractivity contribution < 1.29 is 23.8 Å². The first-order valence-electron chi connectivity index (χ1n) is 10.3. The highest BCUT2D eigenvalue weighted by molar-refractivity contribution is 6.46. The molecule has 0 aliphatic carbocycles. The number of aliphatic hydroxyl groups excluding tert-OH is 1. The number of hydrogen-bond acceptors (Lipinski definition) is 6. The molecule has 0 radical (unpaired) electrons. The zero-order chi connectivity index (χ0) is 21.8. The molecule has 2 fully saturated rings. The number of carbonyl (C=O) groups excluding carboxylic acids is 2. The minimum atomic E-state index is -0.779. The maximum atomic E-state index is 13.5. The van der Waals surface area contributed by atoms with E-state index in [1.807, 2.05) is 0 Å². The Morgan fingerprint density at radius 1 is 1.06 bits per heavy atom. The van der Waals surface area contributed by atoms with Crippen LogP contribution in [-0.2, 0) is 14.3 Å². The monoisotopic (exact) mass is 425 g/mol. The van der Waals surface area contributed by atoms with Crippen molar-refractivity contribution in [1.82, 2.24) is 14.8 Å². The van der Waals surface area contributed by atoms with Gasteiger partial charge in [0.25, 0.3) is 11.7 Å². The van der Waals surface area contributed by atoms with Crippen molar-refractivity contribution in [1.29, 1.82) is 0 Å². The SMILES string of the molecule is O=C1C(=O)N(CCCN2CCOCC2)C(c2ccc(F)cc2)/C1=C(\O)c1ccncc1. The Kier molecular flexibility index (Phi) is 6.39. The number of carbonyl (C=O) groups is 2. The van der Waals surface area contributed by atoms with Gasteiger partial charge in [-0.15, -0.1) is 0 Å². The van der Waals surface area contributed by atoms with Crippen molar-refractivity contribution in [2.24, 2.45) is 0 Å². The molecule has 8 heteroatoms. The number of ketones is 1. The number of nitrogens with zero attached hydrogens (tertiary/aromatic N) is 3. The minimum Gasteiger partial charge on any atom is -0.507 e.